The highest BCUT2D eigenvalue weighted by Crippen LogP contribution is 2.30. The number of anilines is 1. The highest BCUT2D eigenvalue weighted by molar-refractivity contribution is 6.43. The molecule has 1 aromatic heterocycles. The fraction of sp³-hybridized carbons (Fsp3) is 0.0714. The Labute approximate surface area is 111 Å². The van der Waals surface area contributed by atoms with Crippen molar-refractivity contribution >= 4 is 25.0 Å². The zero-order valence-corrected chi connectivity index (χ0v) is 10.1. The number of furan rings is 1. The molecule has 1 radical (unpaired) electrons. The van der Waals surface area contributed by atoms with Gasteiger partial charge in [-0.2, -0.15) is 0 Å². The molecule has 0 atom stereocenters. The number of rotatable bonds is 3. The molecule has 1 aliphatic heterocycles. The van der Waals surface area contributed by atoms with Crippen molar-refractivity contribution in [2.45, 2.75) is 6.32 Å². The quantitative estimate of drug-likeness (QED) is 0.518. The van der Waals surface area contributed by atoms with E-state index in [1.54, 1.807) is 25.6 Å². The van der Waals surface area contributed by atoms with Crippen LogP contribution < -0.4 is 4.97 Å². The van der Waals surface area contributed by atoms with Crippen LogP contribution in [0.3, 0.4) is 0 Å². The van der Waals surface area contributed by atoms with Crippen LogP contribution in [0.1, 0.15) is 21.7 Å². The van der Waals surface area contributed by atoms with Crippen LogP contribution in [0.4, 0.5) is 5.69 Å². The van der Waals surface area contributed by atoms with E-state index in [4.69, 9.17) is 4.42 Å². The number of ketones is 1. The first-order valence-corrected chi connectivity index (χ1v) is 5.95. The van der Waals surface area contributed by atoms with Crippen molar-refractivity contribution in [3.05, 3.63) is 59.6 Å². The standard InChI is InChI=1S/C14H11BNO3/c17-12(13-5-2-8-19-13)7-6-10-3-1-4-11-9-15-16(18)14(10)11/h1-8,18H,9H2/b7-6+. The lowest BCUT2D eigenvalue weighted by Crippen LogP contribution is -2.18. The summed E-state index contributed by atoms with van der Waals surface area (Å²) in [6.07, 6.45) is 5.29. The minimum absolute atomic E-state index is 0.200. The number of fused-ring (bicyclic) bond motifs is 1. The summed E-state index contributed by atoms with van der Waals surface area (Å²) >= 11 is 0. The topological polar surface area (TPSA) is 53.7 Å². The lowest BCUT2D eigenvalue weighted by molar-refractivity contribution is 0.102. The summed E-state index contributed by atoms with van der Waals surface area (Å²) in [5.74, 6) is 0.102. The fourth-order valence-electron chi connectivity index (χ4n) is 2.13. The average Bonchev–Trinajstić information content (AvgIpc) is 3.06. The smallest absolute Gasteiger partial charge is 0.290 e. The highest BCUT2D eigenvalue weighted by Gasteiger charge is 2.21. The third-order valence-electron chi connectivity index (χ3n) is 3.04. The van der Waals surface area contributed by atoms with Gasteiger partial charge in [0.05, 0.1) is 12.0 Å². The molecule has 0 spiro atoms. The van der Waals surface area contributed by atoms with E-state index in [9.17, 15) is 10.0 Å². The van der Waals surface area contributed by atoms with Crippen molar-refractivity contribution in [2.24, 2.45) is 0 Å². The van der Waals surface area contributed by atoms with Gasteiger partial charge in [-0.1, -0.05) is 18.2 Å². The van der Waals surface area contributed by atoms with Crippen molar-refractivity contribution < 1.29 is 14.4 Å². The lowest BCUT2D eigenvalue weighted by Gasteiger charge is -2.13. The van der Waals surface area contributed by atoms with Gasteiger partial charge in [0.2, 0.25) is 5.78 Å². The van der Waals surface area contributed by atoms with Gasteiger partial charge in [-0.25, -0.2) is 0 Å². The van der Waals surface area contributed by atoms with E-state index in [1.807, 2.05) is 18.2 Å². The number of hydrogen-bond acceptors (Lipinski definition) is 4. The fourth-order valence-corrected chi connectivity index (χ4v) is 2.13. The molecule has 0 amide bonds. The van der Waals surface area contributed by atoms with Crippen LogP contribution in [0.5, 0.6) is 0 Å². The van der Waals surface area contributed by atoms with Gasteiger partial charge in [0.25, 0.3) is 7.41 Å². The minimum atomic E-state index is -0.200. The molecule has 0 saturated heterocycles. The van der Waals surface area contributed by atoms with Crippen molar-refractivity contribution in [1.82, 2.24) is 0 Å². The van der Waals surface area contributed by atoms with E-state index in [0.29, 0.717) is 12.1 Å². The Morgan fingerprint density at radius 1 is 1.37 bits per heavy atom. The lowest BCUT2D eigenvalue weighted by atomic mass is 9.90. The molecular weight excluding hydrogens is 241 g/mol. The van der Waals surface area contributed by atoms with Crippen molar-refractivity contribution in [3.63, 3.8) is 0 Å². The van der Waals surface area contributed by atoms with Crippen LogP contribution in [0.2, 0.25) is 0 Å². The molecule has 3 rings (SSSR count). The number of hydrogen-bond donors (Lipinski definition) is 1. The van der Waals surface area contributed by atoms with Gasteiger partial charge in [0.1, 0.15) is 0 Å². The van der Waals surface area contributed by atoms with E-state index >= 15 is 0 Å². The van der Waals surface area contributed by atoms with Gasteiger partial charge >= 0.3 is 0 Å². The van der Waals surface area contributed by atoms with Gasteiger partial charge < -0.3 is 14.6 Å². The van der Waals surface area contributed by atoms with Gasteiger partial charge in [-0.05, 0) is 41.7 Å². The monoisotopic (exact) mass is 252 g/mol. The summed E-state index contributed by atoms with van der Waals surface area (Å²) in [7, 11) is 1.69. The number of carbonyl (C=O) groups is 1. The molecule has 0 unspecified atom stereocenters. The Morgan fingerprint density at radius 3 is 3.05 bits per heavy atom. The molecule has 93 valence electrons. The van der Waals surface area contributed by atoms with Crippen molar-refractivity contribution in [3.8, 4) is 0 Å². The second kappa shape index (κ2) is 4.78. The van der Waals surface area contributed by atoms with E-state index in [2.05, 4.69) is 0 Å². The highest BCUT2D eigenvalue weighted by atomic mass is 16.5. The number of nitrogens with zero attached hydrogens (tertiary/aromatic N) is 1. The first-order chi connectivity index (χ1) is 9.25. The Balaban J connectivity index is 1.89. The average molecular weight is 252 g/mol. The first-order valence-electron chi connectivity index (χ1n) is 5.95. The molecular formula is C14H11BNO3. The van der Waals surface area contributed by atoms with Crippen LogP contribution in [-0.2, 0) is 6.32 Å². The predicted octanol–water partition coefficient (Wildman–Crippen LogP) is 2.50. The molecule has 4 nitrogen and oxygen atoms in total. The third-order valence-corrected chi connectivity index (χ3v) is 3.04. The van der Waals surface area contributed by atoms with E-state index in [-0.39, 0.29) is 5.78 Å². The van der Waals surface area contributed by atoms with Crippen molar-refractivity contribution in [1.29, 1.82) is 0 Å². The summed E-state index contributed by atoms with van der Waals surface area (Å²) in [4.78, 5) is 12.9. The maximum Gasteiger partial charge on any atom is 0.290 e. The summed E-state index contributed by atoms with van der Waals surface area (Å²) < 4.78 is 5.03. The molecule has 2 heterocycles. The molecule has 0 bridgehead atoms. The summed E-state index contributed by atoms with van der Waals surface area (Å²) in [6.45, 7) is 0. The zero-order chi connectivity index (χ0) is 13.2. The molecule has 19 heavy (non-hydrogen) atoms. The number of allylic oxidation sites excluding steroid dienone is 1. The maximum atomic E-state index is 11.8. The van der Waals surface area contributed by atoms with E-state index in [1.165, 1.54) is 12.3 Å². The normalized spacial score (nSPS) is 13.6. The Kier molecular flexibility index (Phi) is 2.97. The second-order valence-electron chi connectivity index (χ2n) is 4.26. The van der Waals surface area contributed by atoms with Crippen LogP contribution in [0.15, 0.2) is 47.1 Å². The molecule has 0 saturated carbocycles. The van der Waals surface area contributed by atoms with E-state index in [0.717, 1.165) is 21.8 Å². The number of benzene rings is 1. The van der Waals surface area contributed by atoms with Gasteiger partial charge in [0.15, 0.2) is 5.76 Å². The summed E-state index contributed by atoms with van der Waals surface area (Å²) in [5, 5.41) is 9.75. The Morgan fingerprint density at radius 2 is 2.26 bits per heavy atom. The van der Waals surface area contributed by atoms with Crippen molar-refractivity contribution in [2.75, 3.05) is 4.97 Å². The SMILES string of the molecule is O=C(/C=C/c1cccc2c1N(O)[B]C2)c1ccco1. The van der Waals surface area contributed by atoms with Gasteiger partial charge in [-0.3, -0.25) is 4.79 Å². The molecule has 1 aromatic carbocycles. The minimum Gasteiger partial charge on any atom is -0.461 e. The summed E-state index contributed by atoms with van der Waals surface area (Å²) in [6, 6.07) is 9.00. The summed E-state index contributed by atoms with van der Waals surface area (Å²) in [5.41, 5.74) is 2.56. The Bertz CT molecular complexity index is 634. The molecule has 1 aliphatic rings. The number of carbonyl (C=O) groups excluding carboxylic acids is 1. The maximum absolute atomic E-state index is 11.8. The van der Waals surface area contributed by atoms with Crippen LogP contribution in [0, 0.1) is 0 Å². The Hall–Kier alpha value is -2.27. The van der Waals surface area contributed by atoms with Crippen LogP contribution >= 0.6 is 0 Å². The molecule has 2 aromatic rings. The largest absolute Gasteiger partial charge is 0.461 e. The first kappa shape index (κ1) is 11.8. The molecule has 1 N–H and O–H groups in total. The third kappa shape index (κ3) is 2.20. The van der Waals surface area contributed by atoms with Gasteiger partial charge in [0, 0.05) is 0 Å². The molecule has 0 fully saturated rings. The molecule has 5 heteroatoms. The second-order valence-corrected chi connectivity index (χ2v) is 4.26. The molecule has 0 aliphatic carbocycles. The van der Waals surface area contributed by atoms with E-state index < -0.39 is 0 Å². The predicted molar refractivity (Wildman–Crippen MR) is 72.2 cm³/mol. The van der Waals surface area contributed by atoms with Gasteiger partial charge in [-0.15, -0.1) is 0 Å². The van der Waals surface area contributed by atoms with Crippen LogP contribution in [-0.4, -0.2) is 18.4 Å². The van der Waals surface area contributed by atoms with Crippen LogP contribution in [0.25, 0.3) is 6.08 Å². The number of para-hydroxylation sites is 1. The zero-order valence-electron chi connectivity index (χ0n) is 10.1.